The Hall–Kier alpha value is -3.62. The third kappa shape index (κ3) is 6.21. The summed E-state index contributed by atoms with van der Waals surface area (Å²) >= 11 is 0. The van der Waals surface area contributed by atoms with E-state index in [4.69, 9.17) is 4.74 Å². The maximum absolute atomic E-state index is 15.0. The second kappa shape index (κ2) is 10.8. The van der Waals surface area contributed by atoms with Crippen LogP contribution in [-0.2, 0) is 17.6 Å². The number of carbonyl (C=O) groups is 1. The molecule has 0 amide bonds. The first kappa shape index (κ1) is 26.4. The number of pyridine rings is 2. The zero-order valence-corrected chi connectivity index (χ0v) is 21.2. The Labute approximate surface area is 214 Å². The number of anilines is 1. The first-order valence-corrected chi connectivity index (χ1v) is 12.2. The number of hydrogen-bond donors (Lipinski definition) is 1. The number of hydrogen-bond acceptors (Lipinski definition) is 5. The number of ether oxygens (including phenoxy) is 1. The van der Waals surface area contributed by atoms with E-state index in [-0.39, 0.29) is 30.7 Å². The first-order chi connectivity index (χ1) is 17.5. The van der Waals surface area contributed by atoms with Gasteiger partial charge in [0.15, 0.2) is 17.5 Å². The fourth-order valence-corrected chi connectivity index (χ4v) is 4.54. The highest BCUT2D eigenvalue weighted by molar-refractivity contribution is 5.84. The molecule has 0 spiro atoms. The smallest absolute Gasteiger partial charge is 0.307 e. The SMILES string of the molecule is Cc1ncc(-c2cnc(OCCc3ccc(F)c(F)c3)c(F)c2)c(N2CCC(C)(C)CC2)c1CC(=O)O. The second-order valence-electron chi connectivity index (χ2n) is 10.2. The Kier molecular flexibility index (Phi) is 7.71. The number of nitrogens with zero attached hydrogens (tertiary/aromatic N) is 3. The van der Waals surface area contributed by atoms with E-state index in [9.17, 15) is 18.7 Å². The Morgan fingerprint density at radius 3 is 2.43 bits per heavy atom. The van der Waals surface area contributed by atoms with Crippen molar-refractivity contribution in [2.75, 3.05) is 24.6 Å². The van der Waals surface area contributed by atoms with Gasteiger partial charge in [0.25, 0.3) is 0 Å². The van der Waals surface area contributed by atoms with Crippen LogP contribution in [0.4, 0.5) is 18.9 Å². The summed E-state index contributed by atoms with van der Waals surface area (Å²) in [6.07, 6.45) is 5.05. The maximum Gasteiger partial charge on any atom is 0.307 e. The van der Waals surface area contributed by atoms with Gasteiger partial charge in [0.2, 0.25) is 5.88 Å². The molecule has 1 N–H and O–H groups in total. The fourth-order valence-electron chi connectivity index (χ4n) is 4.54. The zero-order valence-electron chi connectivity index (χ0n) is 21.2. The number of benzene rings is 1. The lowest BCUT2D eigenvalue weighted by molar-refractivity contribution is -0.136. The predicted molar refractivity (Wildman–Crippen MR) is 134 cm³/mol. The molecule has 1 aliphatic rings. The molecule has 1 saturated heterocycles. The highest BCUT2D eigenvalue weighted by atomic mass is 19.2. The first-order valence-electron chi connectivity index (χ1n) is 12.2. The molecule has 2 aromatic heterocycles. The molecule has 1 aliphatic heterocycles. The number of carboxylic acid groups (broad SMARTS) is 1. The lowest BCUT2D eigenvalue weighted by Gasteiger charge is -2.40. The average molecular weight is 514 g/mol. The summed E-state index contributed by atoms with van der Waals surface area (Å²) in [4.78, 5) is 22.4. The zero-order chi connectivity index (χ0) is 26.7. The van der Waals surface area contributed by atoms with Crippen molar-refractivity contribution < 1.29 is 27.8 Å². The van der Waals surface area contributed by atoms with Crippen LogP contribution < -0.4 is 9.64 Å². The average Bonchev–Trinajstić information content (AvgIpc) is 2.83. The normalized spacial score (nSPS) is 15.0. The molecule has 6 nitrogen and oxygen atoms in total. The monoisotopic (exact) mass is 513 g/mol. The predicted octanol–water partition coefficient (Wildman–Crippen LogP) is 5.74. The van der Waals surface area contributed by atoms with Crippen molar-refractivity contribution in [2.45, 2.75) is 46.5 Å². The topological polar surface area (TPSA) is 75.6 Å². The highest BCUT2D eigenvalue weighted by Crippen LogP contribution is 2.40. The van der Waals surface area contributed by atoms with E-state index in [1.165, 1.54) is 18.3 Å². The van der Waals surface area contributed by atoms with Crippen molar-refractivity contribution in [3.63, 3.8) is 0 Å². The van der Waals surface area contributed by atoms with Crippen LogP contribution in [0.1, 0.15) is 43.5 Å². The summed E-state index contributed by atoms with van der Waals surface area (Å²) in [6, 6.07) is 4.85. The van der Waals surface area contributed by atoms with Gasteiger partial charge in [-0.15, -0.1) is 0 Å². The second-order valence-corrected chi connectivity index (χ2v) is 10.2. The van der Waals surface area contributed by atoms with Crippen molar-refractivity contribution in [3.8, 4) is 17.0 Å². The number of piperidine rings is 1. The molecule has 0 atom stereocenters. The number of aryl methyl sites for hydroxylation is 1. The Morgan fingerprint density at radius 2 is 1.78 bits per heavy atom. The van der Waals surface area contributed by atoms with Crippen LogP contribution in [-0.4, -0.2) is 40.7 Å². The minimum atomic E-state index is -0.963. The molecule has 37 heavy (non-hydrogen) atoms. The van der Waals surface area contributed by atoms with Crippen LogP contribution in [0.15, 0.2) is 36.7 Å². The molecular weight excluding hydrogens is 483 g/mol. The van der Waals surface area contributed by atoms with Gasteiger partial charge in [0.05, 0.1) is 18.7 Å². The van der Waals surface area contributed by atoms with Gasteiger partial charge in [0.1, 0.15) is 0 Å². The Morgan fingerprint density at radius 1 is 1.05 bits per heavy atom. The standard InChI is InChI=1S/C28H30F3N3O3/c1-17-20(14-25(35)36)26(34-9-7-28(2,3)8-10-34)21(16-32-17)19-13-24(31)27(33-15-19)37-11-6-18-4-5-22(29)23(30)12-18/h4-5,12-13,15-16H,6-11,14H2,1-3H3,(H,35,36). The summed E-state index contributed by atoms with van der Waals surface area (Å²) in [6.45, 7) is 7.73. The fraction of sp³-hybridized carbons (Fsp3) is 0.393. The molecular formula is C28H30F3N3O3. The lowest BCUT2D eigenvalue weighted by atomic mass is 9.82. The van der Waals surface area contributed by atoms with Gasteiger partial charge in [-0.2, -0.15) is 0 Å². The van der Waals surface area contributed by atoms with Gasteiger partial charge in [-0.3, -0.25) is 9.78 Å². The molecule has 1 fully saturated rings. The maximum atomic E-state index is 15.0. The van der Waals surface area contributed by atoms with Crippen LogP contribution in [0, 0.1) is 29.8 Å². The quantitative estimate of drug-likeness (QED) is 0.414. The molecule has 3 heterocycles. The van der Waals surface area contributed by atoms with Crippen LogP contribution in [0.25, 0.3) is 11.1 Å². The highest BCUT2D eigenvalue weighted by Gasteiger charge is 2.29. The van der Waals surface area contributed by atoms with Crippen LogP contribution >= 0.6 is 0 Å². The van der Waals surface area contributed by atoms with Crippen molar-refractivity contribution in [1.82, 2.24) is 9.97 Å². The van der Waals surface area contributed by atoms with Crippen molar-refractivity contribution in [3.05, 3.63) is 70.9 Å². The number of halogens is 3. The summed E-state index contributed by atoms with van der Waals surface area (Å²) in [7, 11) is 0. The molecule has 3 aromatic rings. The van der Waals surface area contributed by atoms with Gasteiger partial charge in [-0.25, -0.2) is 18.2 Å². The molecule has 0 aliphatic carbocycles. The van der Waals surface area contributed by atoms with E-state index in [1.807, 2.05) is 0 Å². The molecule has 4 rings (SSSR count). The number of aromatic nitrogens is 2. The molecule has 9 heteroatoms. The van der Waals surface area contributed by atoms with Crippen LogP contribution in [0.3, 0.4) is 0 Å². The van der Waals surface area contributed by atoms with E-state index in [2.05, 4.69) is 28.7 Å². The van der Waals surface area contributed by atoms with Gasteiger partial charge < -0.3 is 14.7 Å². The van der Waals surface area contributed by atoms with Crippen molar-refractivity contribution in [2.24, 2.45) is 5.41 Å². The summed E-state index contributed by atoms with van der Waals surface area (Å²) < 4.78 is 47.0. The largest absolute Gasteiger partial charge is 0.481 e. The van der Waals surface area contributed by atoms with E-state index >= 15 is 4.39 Å². The third-order valence-electron chi connectivity index (χ3n) is 6.86. The molecule has 0 bridgehead atoms. The number of aliphatic carboxylic acids is 1. The number of carboxylic acids is 1. The van der Waals surface area contributed by atoms with Crippen LogP contribution in [0.2, 0.25) is 0 Å². The van der Waals surface area contributed by atoms with Gasteiger partial charge in [-0.05, 0) is 48.9 Å². The summed E-state index contributed by atoms with van der Waals surface area (Å²) in [5.41, 5.74) is 3.76. The Balaban J connectivity index is 1.60. The lowest BCUT2D eigenvalue weighted by Crippen LogP contribution is -2.38. The van der Waals surface area contributed by atoms with E-state index in [1.54, 1.807) is 13.1 Å². The summed E-state index contributed by atoms with van der Waals surface area (Å²) in [5.74, 6) is -3.74. The van der Waals surface area contributed by atoms with E-state index in [0.29, 0.717) is 27.9 Å². The molecule has 0 saturated carbocycles. The molecule has 0 radical (unpaired) electrons. The van der Waals surface area contributed by atoms with Crippen molar-refractivity contribution >= 4 is 11.7 Å². The third-order valence-corrected chi connectivity index (χ3v) is 6.86. The minimum Gasteiger partial charge on any atom is -0.481 e. The van der Waals surface area contributed by atoms with Gasteiger partial charge >= 0.3 is 5.97 Å². The Bertz CT molecular complexity index is 1300. The summed E-state index contributed by atoms with van der Waals surface area (Å²) in [5, 5.41) is 9.56. The van der Waals surface area contributed by atoms with Crippen molar-refractivity contribution in [1.29, 1.82) is 0 Å². The van der Waals surface area contributed by atoms with E-state index < -0.39 is 23.4 Å². The van der Waals surface area contributed by atoms with Gasteiger partial charge in [-0.1, -0.05) is 19.9 Å². The van der Waals surface area contributed by atoms with Crippen LogP contribution in [0.5, 0.6) is 5.88 Å². The van der Waals surface area contributed by atoms with E-state index in [0.717, 1.165) is 43.8 Å². The van der Waals surface area contributed by atoms with Gasteiger partial charge in [0, 0.05) is 54.3 Å². The molecule has 0 unspecified atom stereocenters. The number of rotatable bonds is 8. The minimum absolute atomic E-state index is 0.0258. The molecule has 1 aromatic carbocycles. The molecule has 196 valence electrons.